The molecule has 1 aliphatic carbocycles. The maximum Gasteiger partial charge on any atom is 0.234 e. The molecule has 1 saturated carbocycles. The highest BCUT2D eigenvalue weighted by Gasteiger charge is 2.29. The Bertz CT molecular complexity index is 817. The number of hydrogen-bond donors (Lipinski definition) is 2. The highest BCUT2D eigenvalue weighted by atomic mass is 32.2. The number of rotatable bonds is 7. The molecule has 0 atom stereocenters. The number of nitrogens with one attached hydrogen (secondary N) is 2. The van der Waals surface area contributed by atoms with E-state index in [0.717, 1.165) is 12.8 Å². The number of ketones is 1. The van der Waals surface area contributed by atoms with Crippen molar-refractivity contribution in [1.29, 1.82) is 0 Å². The molecule has 1 aliphatic rings. The summed E-state index contributed by atoms with van der Waals surface area (Å²) < 4.78 is 0. The lowest BCUT2D eigenvalue weighted by atomic mass is 10.1. The van der Waals surface area contributed by atoms with Crippen molar-refractivity contribution in [3.8, 4) is 0 Å². The molecule has 0 bridgehead atoms. The topological polar surface area (TPSA) is 101 Å². The van der Waals surface area contributed by atoms with Crippen molar-refractivity contribution in [2.75, 3.05) is 16.4 Å². The second-order valence-corrected chi connectivity index (χ2v) is 6.99. The van der Waals surface area contributed by atoms with Crippen LogP contribution in [-0.4, -0.2) is 33.5 Å². The highest BCUT2D eigenvalue weighted by molar-refractivity contribution is 7.99. The third-order valence-corrected chi connectivity index (χ3v) is 4.69. The fraction of sp³-hybridized carbons (Fsp3) is 0.278. The Morgan fingerprint density at radius 2 is 1.77 bits per heavy atom. The van der Waals surface area contributed by atoms with Gasteiger partial charge in [0.15, 0.2) is 11.6 Å². The molecular weight excluding hydrogens is 352 g/mol. The Balaban J connectivity index is 1.46. The standard InChI is InChI=1S/C18H18N4O3S/c1-11(23)12-4-6-14(7-5-12)19-16(24)10-26-17-9-8-15(21-22-17)20-18(25)13-2-3-13/h4-9,13H,2-3,10H2,1H3,(H,19,24)(H,20,21,25). The first-order valence-electron chi connectivity index (χ1n) is 8.19. The molecule has 0 saturated heterocycles. The molecule has 0 spiro atoms. The molecule has 0 aliphatic heterocycles. The molecule has 1 heterocycles. The van der Waals surface area contributed by atoms with Crippen LogP contribution in [0.4, 0.5) is 11.5 Å². The number of hydrogen-bond acceptors (Lipinski definition) is 6. The first-order chi connectivity index (χ1) is 12.5. The second kappa shape index (κ2) is 8.09. The minimum atomic E-state index is -0.182. The van der Waals surface area contributed by atoms with Crippen molar-refractivity contribution in [2.45, 2.75) is 24.8 Å². The Morgan fingerprint density at radius 1 is 1.04 bits per heavy atom. The summed E-state index contributed by atoms with van der Waals surface area (Å²) in [6.07, 6.45) is 1.86. The lowest BCUT2D eigenvalue weighted by molar-refractivity contribution is -0.117. The summed E-state index contributed by atoms with van der Waals surface area (Å²) >= 11 is 1.25. The van der Waals surface area contributed by atoms with E-state index < -0.39 is 0 Å². The molecule has 0 unspecified atom stereocenters. The van der Waals surface area contributed by atoms with Gasteiger partial charge in [0, 0.05) is 17.2 Å². The molecule has 0 radical (unpaired) electrons. The van der Waals surface area contributed by atoms with E-state index in [1.165, 1.54) is 18.7 Å². The van der Waals surface area contributed by atoms with Gasteiger partial charge in [-0.2, -0.15) is 0 Å². The summed E-state index contributed by atoms with van der Waals surface area (Å²) in [4.78, 5) is 34.9. The molecule has 134 valence electrons. The van der Waals surface area contributed by atoms with E-state index in [1.54, 1.807) is 36.4 Å². The molecule has 7 nitrogen and oxygen atoms in total. The first kappa shape index (κ1) is 18.1. The molecule has 1 fully saturated rings. The van der Waals surface area contributed by atoms with Gasteiger partial charge in [-0.05, 0) is 56.2 Å². The van der Waals surface area contributed by atoms with Gasteiger partial charge in [0.2, 0.25) is 11.8 Å². The summed E-state index contributed by atoms with van der Waals surface area (Å²) in [6, 6.07) is 10.1. The smallest absolute Gasteiger partial charge is 0.234 e. The minimum absolute atomic E-state index is 0.0186. The Labute approximate surface area is 155 Å². The summed E-state index contributed by atoms with van der Waals surface area (Å²) in [6.45, 7) is 1.49. The van der Waals surface area contributed by atoms with Crippen molar-refractivity contribution < 1.29 is 14.4 Å². The van der Waals surface area contributed by atoms with Crippen LogP contribution in [0.2, 0.25) is 0 Å². The van der Waals surface area contributed by atoms with Crippen LogP contribution in [0.3, 0.4) is 0 Å². The second-order valence-electron chi connectivity index (χ2n) is 5.99. The molecule has 2 aromatic rings. The average Bonchev–Trinajstić information content (AvgIpc) is 3.47. The van der Waals surface area contributed by atoms with Gasteiger partial charge in [-0.1, -0.05) is 11.8 Å². The summed E-state index contributed by atoms with van der Waals surface area (Å²) in [7, 11) is 0. The van der Waals surface area contributed by atoms with Crippen molar-refractivity contribution in [3.05, 3.63) is 42.0 Å². The van der Waals surface area contributed by atoms with Crippen LogP contribution >= 0.6 is 11.8 Å². The molecule has 2 N–H and O–H groups in total. The number of carbonyl (C=O) groups is 3. The van der Waals surface area contributed by atoms with E-state index in [0.29, 0.717) is 22.1 Å². The van der Waals surface area contributed by atoms with Crippen LogP contribution in [-0.2, 0) is 9.59 Å². The number of aromatic nitrogens is 2. The Morgan fingerprint density at radius 3 is 2.35 bits per heavy atom. The van der Waals surface area contributed by atoms with E-state index in [9.17, 15) is 14.4 Å². The summed E-state index contributed by atoms with van der Waals surface area (Å²) in [5.74, 6) is 0.485. The van der Waals surface area contributed by atoms with Crippen LogP contribution in [0.1, 0.15) is 30.1 Å². The lowest BCUT2D eigenvalue weighted by Gasteiger charge is -2.06. The van der Waals surface area contributed by atoms with Gasteiger partial charge in [0.25, 0.3) is 0 Å². The fourth-order valence-corrected chi connectivity index (χ4v) is 2.78. The van der Waals surface area contributed by atoms with Crippen LogP contribution in [0, 0.1) is 5.92 Å². The van der Waals surface area contributed by atoms with Crippen molar-refractivity contribution in [2.24, 2.45) is 5.92 Å². The number of carbonyl (C=O) groups excluding carboxylic acids is 3. The number of benzene rings is 1. The number of nitrogens with zero attached hydrogens (tertiary/aromatic N) is 2. The van der Waals surface area contributed by atoms with Gasteiger partial charge in [0.05, 0.1) is 5.75 Å². The maximum atomic E-state index is 12.0. The van der Waals surface area contributed by atoms with E-state index in [2.05, 4.69) is 20.8 Å². The number of amides is 2. The molecule has 8 heteroatoms. The van der Waals surface area contributed by atoms with Crippen LogP contribution < -0.4 is 10.6 Å². The highest BCUT2D eigenvalue weighted by Crippen LogP contribution is 2.30. The molecular formula is C18H18N4O3S. The third kappa shape index (κ3) is 5.13. The maximum absolute atomic E-state index is 12.0. The van der Waals surface area contributed by atoms with Gasteiger partial charge in [0.1, 0.15) is 5.03 Å². The van der Waals surface area contributed by atoms with Crippen molar-refractivity contribution in [1.82, 2.24) is 10.2 Å². The average molecular weight is 370 g/mol. The number of Topliss-reactive ketones (excluding diaryl/α,β-unsaturated/α-hetero) is 1. The van der Waals surface area contributed by atoms with Gasteiger partial charge < -0.3 is 10.6 Å². The summed E-state index contributed by atoms with van der Waals surface area (Å²) in [5, 5.41) is 14.0. The van der Waals surface area contributed by atoms with E-state index in [1.807, 2.05) is 0 Å². The fourth-order valence-electron chi connectivity index (χ4n) is 2.16. The van der Waals surface area contributed by atoms with Crippen LogP contribution in [0.25, 0.3) is 0 Å². The van der Waals surface area contributed by atoms with Crippen LogP contribution in [0.5, 0.6) is 0 Å². The molecule has 3 rings (SSSR count). The number of anilines is 2. The third-order valence-electron chi connectivity index (χ3n) is 3.77. The van der Waals surface area contributed by atoms with E-state index in [-0.39, 0.29) is 29.3 Å². The SMILES string of the molecule is CC(=O)c1ccc(NC(=O)CSc2ccc(NC(=O)C3CC3)nn2)cc1. The molecule has 26 heavy (non-hydrogen) atoms. The van der Waals surface area contributed by atoms with E-state index in [4.69, 9.17) is 0 Å². The van der Waals surface area contributed by atoms with Gasteiger partial charge in [-0.25, -0.2) is 0 Å². The molecule has 1 aromatic heterocycles. The van der Waals surface area contributed by atoms with Crippen molar-refractivity contribution >= 4 is 40.9 Å². The zero-order valence-electron chi connectivity index (χ0n) is 14.2. The molecule has 2 amide bonds. The quantitative estimate of drug-likeness (QED) is 0.574. The normalized spacial score (nSPS) is 13.1. The monoisotopic (exact) mass is 370 g/mol. The van der Waals surface area contributed by atoms with Crippen molar-refractivity contribution in [3.63, 3.8) is 0 Å². The van der Waals surface area contributed by atoms with Gasteiger partial charge in [-0.15, -0.1) is 10.2 Å². The van der Waals surface area contributed by atoms with Gasteiger partial charge in [-0.3, -0.25) is 14.4 Å². The Kier molecular flexibility index (Phi) is 5.62. The zero-order chi connectivity index (χ0) is 18.5. The predicted octanol–water partition coefficient (Wildman–Crippen LogP) is 2.76. The number of thioether (sulfide) groups is 1. The van der Waals surface area contributed by atoms with Gasteiger partial charge >= 0.3 is 0 Å². The van der Waals surface area contributed by atoms with E-state index >= 15 is 0 Å². The zero-order valence-corrected chi connectivity index (χ0v) is 15.0. The predicted molar refractivity (Wildman–Crippen MR) is 99.2 cm³/mol. The summed E-state index contributed by atoms with van der Waals surface area (Å²) in [5.41, 5.74) is 1.23. The largest absolute Gasteiger partial charge is 0.325 e. The Hall–Kier alpha value is -2.74. The van der Waals surface area contributed by atoms with Crippen LogP contribution in [0.15, 0.2) is 41.4 Å². The lowest BCUT2D eigenvalue weighted by Crippen LogP contribution is -2.15. The first-order valence-corrected chi connectivity index (χ1v) is 9.18. The molecule has 1 aromatic carbocycles. The minimum Gasteiger partial charge on any atom is -0.325 e.